The number of methoxy groups -OCH3 is 2. The van der Waals surface area contributed by atoms with E-state index in [0.717, 1.165) is 31.6 Å². The highest BCUT2D eigenvalue weighted by Crippen LogP contribution is 2.46. The van der Waals surface area contributed by atoms with Crippen LogP contribution in [0.3, 0.4) is 0 Å². The molecule has 0 bridgehead atoms. The average Bonchev–Trinajstić information content (AvgIpc) is 2.84. The SMILES string of the molecule is CN(CC(=O)NOc1ccc([N+](=O)[O-])cc1)C(=O)OC(C)(C)C.COC(=O)/C(=C/c1ccc2c(c1)OCO2)C(=O)c1c[nH]c2ccccc12.COC(=O)C1=C(c2c[nH]c3ccccc23)OC(c2ccc3c(c2)OCO3)N1C(=O)CN(C)C(=O)OC(C)(C)C. The summed E-state index contributed by atoms with van der Waals surface area (Å²) in [5, 5.41) is 12.0. The van der Waals surface area contributed by atoms with E-state index >= 15 is 0 Å². The molecule has 7 aromatic rings. The molecule has 0 spiro atoms. The highest BCUT2D eigenvalue weighted by Gasteiger charge is 2.45. The summed E-state index contributed by atoms with van der Waals surface area (Å²) in [7, 11) is 5.34. The van der Waals surface area contributed by atoms with E-state index in [2.05, 4.69) is 15.4 Å². The molecule has 3 N–H and O–H groups in total. The molecule has 0 saturated heterocycles. The lowest BCUT2D eigenvalue weighted by atomic mass is 10.0. The third kappa shape index (κ3) is 15.2. The molecule has 5 heterocycles. The normalized spacial score (nSPS) is 13.9. The number of hydrogen-bond donors (Lipinski definition) is 3. The van der Waals surface area contributed by atoms with Crippen LogP contribution in [0.4, 0.5) is 15.3 Å². The van der Waals surface area contributed by atoms with Crippen LogP contribution in [0.2, 0.25) is 0 Å². The Hall–Kier alpha value is -11.1. The second-order valence-electron chi connectivity index (χ2n) is 21.6. The first-order valence-corrected chi connectivity index (χ1v) is 27.0. The van der Waals surface area contributed by atoms with Gasteiger partial charge in [0.1, 0.15) is 29.9 Å². The molecule has 0 radical (unpaired) electrons. The second kappa shape index (κ2) is 26.9. The van der Waals surface area contributed by atoms with Crippen LogP contribution in [0.15, 0.2) is 133 Å². The van der Waals surface area contributed by atoms with Crippen molar-refractivity contribution in [3.8, 4) is 28.7 Å². The molecule has 26 nitrogen and oxygen atoms in total. The summed E-state index contributed by atoms with van der Waals surface area (Å²) in [5.41, 5.74) is 4.30. The standard InChI is InChI=1S/C28H29N3O8.C20H15NO5.C14H19N3O6/c1-28(2,3)39-27(34)30(4)14-22(32)31-23(26(33)35-5)24(18-13-29-19-9-7-6-8-17(18)19)38-25(31)16-10-11-20-21(12-16)37-15-36-20;1-24-20(23)14(8-12-6-7-17-18(9-12)26-11-25-17)19(22)15-10-21-16-5-3-2-4-13(15)16;1-14(2,3)22-13(19)16(4)9-12(18)15-23-11-7-5-10(6-8-11)17(20)21/h6-13,25,29H,14-15H2,1-5H3;2-10,21H,11H2,1H3;5-8H,9H2,1-4H3,(H,15,18)/b;14-8+;. The van der Waals surface area contributed by atoms with E-state index in [-0.39, 0.29) is 55.1 Å². The van der Waals surface area contributed by atoms with Crippen molar-refractivity contribution >= 4 is 81.1 Å². The zero-order valence-electron chi connectivity index (χ0n) is 49.6. The summed E-state index contributed by atoms with van der Waals surface area (Å²) in [4.78, 5) is 113. The van der Waals surface area contributed by atoms with E-state index in [1.807, 2.05) is 48.5 Å². The van der Waals surface area contributed by atoms with Gasteiger partial charge in [-0.25, -0.2) is 19.2 Å². The van der Waals surface area contributed by atoms with Crippen molar-refractivity contribution in [2.24, 2.45) is 0 Å². The lowest BCUT2D eigenvalue weighted by Crippen LogP contribution is -2.43. The minimum atomic E-state index is -1.06. The van der Waals surface area contributed by atoms with Crippen molar-refractivity contribution in [3.05, 3.63) is 165 Å². The number of amides is 4. The fourth-order valence-corrected chi connectivity index (χ4v) is 8.71. The van der Waals surface area contributed by atoms with Gasteiger partial charge in [0, 0.05) is 77.1 Å². The van der Waals surface area contributed by atoms with Crippen molar-refractivity contribution < 1.29 is 86.0 Å². The maximum atomic E-state index is 13.8. The number of nitro benzene ring substituents is 1. The van der Waals surface area contributed by atoms with E-state index < -0.39 is 64.1 Å². The monoisotopic (exact) mass is 1210 g/mol. The molecule has 2 aromatic heterocycles. The quantitative estimate of drug-likeness (QED) is 0.0133. The summed E-state index contributed by atoms with van der Waals surface area (Å²) in [6.45, 7) is 9.93. The van der Waals surface area contributed by atoms with Crippen LogP contribution < -0.4 is 29.3 Å². The van der Waals surface area contributed by atoms with Crippen LogP contribution in [0.5, 0.6) is 28.7 Å². The van der Waals surface area contributed by atoms with Gasteiger partial charge in [-0.1, -0.05) is 42.5 Å². The van der Waals surface area contributed by atoms with Crippen LogP contribution in [0.1, 0.15) is 74.8 Å². The number of esters is 2. The summed E-state index contributed by atoms with van der Waals surface area (Å²) in [5.74, 6) is -0.409. The lowest BCUT2D eigenvalue weighted by molar-refractivity contribution is -0.384. The zero-order chi connectivity index (χ0) is 63.6. The first kappa shape index (κ1) is 63.0. The number of aromatic nitrogens is 2. The number of ketones is 1. The van der Waals surface area contributed by atoms with E-state index in [1.54, 1.807) is 90.3 Å². The van der Waals surface area contributed by atoms with Crippen molar-refractivity contribution in [2.45, 2.75) is 59.0 Å². The van der Waals surface area contributed by atoms with Gasteiger partial charge in [0.25, 0.3) is 11.6 Å². The van der Waals surface area contributed by atoms with Gasteiger partial charge < -0.3 is 67.2 Å². The molecule has 88 heavy (non-hydrogen) atoms. The van der Waals surface area contributed by atoms with Gasteiger partial charge in [-0.15, -0.1) is 0 Å². The average molecular weight is 1210 g/mol. The number of fused-ring (bicyclic) bond motifs is 4. The number of Topliss-reactive ketones (excluding diaryl/α,β-unsaturated/α-hetero) is 1. The maximum Gasteiger partial charge on any atom is 0.410 e. The molecule has 1 atom stereocenters. The summed E-state index contributed by atoms with van der Waals surface area (Å²) < 4.78 is 48.4. The molecule has 0 aliphatic carbocycles. The number of rotatable bonds is 14. The number of nitrogens with zero attached hydrogens (tertiary/aromatic N) is 4. The molecule has 4 amide bonds. The Morgan fingerprint density at radius 2 is 1.25 bits per heavy atom. The van der Waals surface area contributed by atoms with Gasteiger partial charge in [-0.05, 0) is 108 Å². The largest absolute Gasteiger partial charge is 0.465 e. The number of hydroxylamine groups is 1. The van der Waals surface area contributed by atoms with Gasteiger partial charge in [0.15, 0.2) is 40.2 Å². The van der Waals surface area contributed by atoms with Gasteiger partial charge in [-0.2, -0.15) is 5.48 Å². The minimum absolute atomic E-state index is 0.0591. The van der Waals surface area contributed by atoms with Crippen LogP contribution in [0.25, 0.3) is 33.6 Å². The van der Waals surface area contributed by atoms with E-state index in [1.165, 1.54) is 63.6 Å². The predicted molar refractivity (Wildman–Crippen MR) is 315 cm³/mol. The van der Waals surface area contributed by atoms with E-state index in [4.69, 9.17) is 47.5 Å². The number of nitro groups is 1. The first-order valence-electron chi connectivity index (χ1n) is 27.0. The Labute approximate surface area is 503 Å². The Kier molecular flexibility index (Phi) is 19.2. The van der Waals surface area contributed by atoms with Crippen molar-refractivity contribution in [3.63, 3.8) is 0 Å². The third-order valence-electron chi connectivity index (χ3n) is 12.8. The molecular weight excluding hydrogens is 1150 g/mol. The molecule has 26 heteroatoms. The van der Waals surface area contributed by atoms with Crippen LogP contribution in [0, 0.1) is 10.1 Å². The van der Waals surface area contributed by atoms with Gasteiger partial charge in [0.2, 0.25) is 31.5 Å². The number of ether oxygens (including phenoxy) is 9. The minimum Gasteiger partial charge on any atom is -0.465 e. The Balaban J connectivity index is 0.000000179. The number of carbonyl (C=O) groups excluding carboxylic acids is 7. The van der Waals surface area contributed by atoms with E-state index in [9.17, 15) is 43.7 Å². The van der Waals surface area contributed by atoms with Gasteiger partial charge in [0.05, 0.1) is 19.1 Å². The number of para-hydroxylation sites is 2. The van der Waals surface area contributed by atoms with Crippen molar-refractivity contribution in [1.29, 1.82) is 0 Å². The van der Waals surface area contributed by atoms with Gasteiger partial charge in [-0.3, -0.25) is 29.4 Å². The summed E-state index contributed by atoms with van der Waals surface area (Å²) >= 11 is 0. The summed E-state index contributed by atoms with van der Waals surface area (Å²) in [6.07, 6.45) is 2.43. The van der Waals surface area contributed by atoms with Crippen molar-refractivity contribution in [2.75, 3.05) is 55.0 Å². The highest BCUT2D eigenvalue weighted by atomic mass is 16.7. The smallest absolute Gasteiger partial charge is 0.410 e. The molecule has 460 valence electrons. The Morgan fingerprint density at radius 3 is 1.85 bits per heavy atom. The molecule has 1 unspecified atom stereocenters. The number of non-ortho nitro benzene ring substituents is 1. The van der Waals surface area contributed by atoms with E-state index in [0.29, 0.717) is 45.3 Å². The van der Waals surface area contributed by atoms with Gasteiger partial charge >= 0.3 is 24.1 Å². The fraction of sp³-hybridized carbons (Fsp3) is 0.274. The number of H-pyrrole nitrogens is 2. The molecule has 3 aliphatic heterocycles. The van der Waals surface area contributed by atoms with Crippen LogP contribution in [-0.4, -0.2) is 138 Å². The molecule has 0 saturated carbocycles. The topological polar surface area (TPSA) is 308 Å². The van der Waals surface area contributed by atoms with Crippen LogP contribution >= 0.6 is 0 Å². The predicted octanol–water partition coefficient (Wildman–Crippen LogP) is 9.37. The summed E-state index contributed by atoms with van der Waals surface area (Å²) in [6, 6.07) is 30.4. The number of nitrogens with one attached hydrogen (secondary N) is 3. The number of carbonyl (C=O) groups is 7. The van der Waals surface area contributed by atoms with Crippen LogP contribution in [-0.2, 0) is 42.9 Å². The maximum absolute atomic E-state index is 13.8. The molecular formula is C62H63N7O19. The molecule has 3 aliphatic rings. The number of benzene rings is 5. The lowest BCUT2D eigenvalue weighted by Gasteiger charge is -2.28. The molecule has 0 fully saturated rings. The number of likely N-dealkylation sites (N-methyl/N-ethyl adjacent to an activating group) is 2. The Morgan fingerprint density at radius 1 is 0.693 bits per heavy atom. The number of aromatic amines is 2. The highest BCUT2D eigenvalue weighted by molar-refractivity contribution is 6.30. The fourth-order valence-electron chi connectivity index (χ4n) is 8.71. The molecule has 10 rings (SSSR count). The Bertz CT molecular complexity index is 3870. The first-order chi connectivity index (χ1) is 41.8. The zero-order valence-corrected chi connectivity index (χ0v) is 49.6. The third-order valence-corrected chi connectivity index (χ3v) is 12.8. The molecule has 5 aromatic carbocycles. The second-order valence-corrected chi connectivity index (χ2v) is 21.6. The van der Waals surface area contributed by atoms with Crippen molar-refractivity contribution in [1.82, 2.24) is 30.1 Å². The number of hydrogen-bond acceptors (Lipinski definition) is 19.